The van der Waals surface area contributed by atoms with E-state index in [1.165, 1.54) is 18.7 Å². The van der Waals surface area contributed by atoms with Crippen molar-refractivity contribution in [2.24, 2.45) is 0 Å². The van der Waals surface area contributed by atoms with Crippen molar-refractivity contribution in [1.82, 2.24) is 0 Å². The second kappa shape index (κ2) is 6.29. The highest BCUT2D eigenvalue weighted by Gasteiger charge is 2.37. The zero-order valence-electron chi connectivity index (χ0n) is 15.1. The molecule has 2 aliphatic rings. The van der Waals surface area contributed by atoms with Crippen molar-refractivity contribution < 1.29 is 14.5 Å². The number of allylic oxidation sites excluding steroid dienone is 6. The lowest BCUT2D eigenvalue weighted by Gasteiger charge is -2.23. The van der Waals surface area contributed by atoms with Crippen molar-refractivity contribution in [2.45, 2.75) is 19.3 Å². The third-order valence-electron chi connectivity index (χ3n) is 4.86. The number of likely N-dealkylation sites (N-methyl/N-ethyl adjacent to an activating group) is 1. The number of fused-ring (bicyclic) bond motifs is 1. The summed E-state index contributed by atoms with van der Waals surface area (Å²) in [6.45, 7) is 4.22. The Balaban J connectivity index is 2.05. The molecule has 0 saturated carbocycles. The first-order valence-electron chi connectivity index (χ1n) is 8.19. The Labute approximate surface area is 151 Å². The van der Waals surface area contributed by atoms with Crippen molar-refractivity contribution in [3.05, 3.63) is 87.0 Å². The number of ketones is 1. The van der Waals surface area contributed by atoms with E-state index in [0.29, 0.717) is 0 Å². The summed E-state index contributed by atoms with van der Waals surface area (Å²) in [5.74, 6) is -0.405. The first-order chi connectivity index (χ1) is 12.3. The van der Waals surface area contributed by atoms with Crippen LogP contribution in [0.25, 0.3) is 0 Å². The van der Waals surface area contributed by atoms with Crippen LogP contribution in [0.15, 0.2) is 71.3 Å². The van der Waals surface area contributed by atoms with Crippen LogP contribution in [-0.2, 0) is 14.9 Å². The van der Waals surface area contributed by atoms with Crippen LogP contribution < -0.4 is 4.90 Å². The Hall–Kier alpha value is -3.15. The minimum absolute atomic E-state index is 0.0360. The van der Waals surface area contributed by atoms with Crippen LogP contribution in [0.2, 0.25) is 0 Å². The van der Waals surface area contributed by atoms with Gasteiger partial charge >= 0.3 is 0 Å². The number of benzene rings is 1. The van der Waals surface area contributed by atoms with Gasteiger partial charge in [0.25, 0.3) is 5.70 Å². The first-order valence-corrected chi connectivity index (χ1v) is 8.19. The topological polar surface area (TPSA) is 72.7 Å². The number of carbonyl (C=O) groups is 1. The third-order valence-corrected chi connectivity index (χ3v) is 4.86. The molecule has 0 radical (unpaired) electrons. The average molecular weight is 352 g/mol. The molecule has 0 aromatic heterocycles. The third kappa shape index (κ3) is 2.73. The van der Waals surface area contributed by atoms with Gasteiger partial charge in [-0.2, -0.15) is 0 Å². The highest BCUT2D eigenvalue weighted by Crippen LogP contribution is 2.46. The summed E-state index contributed by atoms with van der Waals surface area (Å²) < 4.78 is 4.99. The van der Waals surface area contributed by atoms with E-state index in [2.05, 4.69) is 24.8 Å². The summed E-state index contributed by atoms with van der Waals surface area (Å²) in [6, 6.07) is 8.12. The lowest BCUT2D eigenvalue weighted by Crippen LogP contribution is -2.22. The van der Waals surface area contributed by atoms with Gasteiger partial charge in [0.15, 0.2) is 5.76 Å². The fourth-order valence-corrected chi connectivity index (χ4v) is 3.46. The first kappa shape index (κ1) is 17.7. The van der Waals surface area contributed by atoms with Gasteiger partial charge in [0, 0.05) is 35.5 Å². The van der Waals surface area contributed by atoms with Gasteiger partial charge in [-0.05, 0) is 23.8 Å². The van der Waals surface area contributed by atoms with Crippen LogP contribution in [0, 0.1) is 10.1 Å². The van der Waals surface area contributed by atoms with Gasteiger partial charge in [-0.25, -0.2) is 0 Å². The summed E-state index contributed by atoms with van der Waals surface area (Å²) >= 11 is 0. The number of anilines is 1. The molecule has 0 amide bonds. The van der Waals surface area contributed by atoms with Gasteiger partial charge in [-0.3, -0.25) is 14.9 Å². The number of Topliss-reactive ketones (excluding diaryl/α,β-unsaturated/α-hetero) is 1. The van der Waals surface area contributed by atoms with Crippen molar-refractivity contribution >= 4 is 11.5 Å². The SMILES string of the molecule is COC1=CC([N+](=O)[O-])=C/C(=C/C=C2\N(C)c3ccccc3C2(C)C)C1=O. The molecule has 0 bridgehead atoms. The van der Waals surface area contributed by atoms with Gasteiger partial charge in [-0.15, -0.1) is 0 Å². The normalized spacial score (nSPS) is 21.5. The van der Waals surface area contributed by atoms with E-state index in [4.69, 9.17) is 4.74 Å². The molecule has 1 heterocycles. The van der Waals surface area contributed by atoms with E-state index in [1.54, 1.807) is 6.08 Å². The molecular weight excluding hydrogens is 332 g/mol. The van der Waals surface area contributed by atoms with Crippen LogP contribution >= 0.6 is 0 Å². The van der Waals surface area contributed by atoms with Crippen LogP contribution in [0.1, 0.15) is 19.4 Å². The number of hydrogen-bond acceptors (Lipinski definition) is 5. The van der Waals surface area contributed by atoms with E-state index in [-0.39, 0.29) is 28.2 Å². The fourth-order valence-electron chi connectivity index (χ4n) is 3.46. The molecule has 3 rings (SSSR count). The van der Waals surface area contributed by atoms with E-state index < -0.39 is 4.92 Å². The smallest absolute Gasteiger partial charge is 0.274 e. The molecule has 0 N–H and O–H groups in total. The number of rotatable bonds is 3. The van der Waals surface area contributed by atoms with E-state index >= 15 is 0 Å². The largest absolute Gasteiger partial charge is 0.492 e. The van der Waals surface area contributed by atoms with E-state index in [1.807, 2.05) is 31.3 Å². The van der Waals surface area contributed by atoms with Crippen molar-refractivity contribution in [3.8, 4) is 0 Å². The van der Waals surface area contributed by atoms with Crippen LogP contribution in [-0.4, -0.2) is 24.9 Å². The Morgan fingerprint density at radius 1 is 1.19 bits per heavy atom. The molecule has 134 valence electrons. The number of methoxy groups -OCH3 is 1. The molecule has 1 aromatic rings. The monoisotopic (exact) mass is 352 g/mol. The van der Waals surface area contributed by atoms with Gasteiger partial charge in [-0.1, -0.05) is 32.0 Å². The molecule has 0 fully saturated rings. The predicted molar refractivity (Wildman–Crippen MR) is 99.2 cm³/mol. The van der Waals surface area contributed by atoms with Gasteiger partial charge in [0.05, 0.1) is 18.1 Å². The highest BCUT2D eigenvalue weighted by atomic mass is 16.6. The highest BCUT2D eigenvalue weighted by molar-refractivity contribution is 6.10. The molecule has 1 aliphatic heterocycles. The number of hydrogen-bond donors (Lipinski definition) is 0. The van der Waals surface area contributed by atoms with Crippen LogP contribution in [0.5, 0.6) is 0 Å². The molecule has 0 unspecified atom stereocenters. The van der Waals surface area contributed by atoms with Gasteiger partial charge in [0.1, 0.15) is 0 Å². The van der Waals surface area contributed by atoms with Crippen molar-refractivity contribution in [3.63, 3.8) is 0 Å². The Morgan fingerprint density at radius 2 is 1.88 bits per heavy atom. The maximum absolute atomic E-state index is 12.4. The van der Waals surface area contributed by atoms with Crippen molar-refractivity contribution in [2.75, 3.05) is 19.1 Å². The van der Waals surface area contributed by atoms with Gasteiger partial charge in [0.2, 0.25) is 5.78 Å². The number of nitro groups is 1. The summed E-state index contributed by atoms with van der Waals surface area (Å²) in [4.78, 5) is 25.1. The van der Waals surface area contributed by atoms with E-state index in [0.717, 1.165) is 17.5 Å². The van der Waals surface area contributed by atoms with Crippen LogP contribution in [0.4, 0.5) is 5.69 Å². The lowest BCUT2D eigenvalue weighted by molar-refractivity contribution is -0.419. The average Bonchev–Trinajstić information content (AvgIpc) is 2.81. The summed E-state index contributed by atoms with van der Waals surface area (Å²) in [5, 5.41) is 11.1. The maximum atomic E-state index is 12.4. The van der Waals surface area contributed by atoms with Crippen LogP contribution in [0.3, 0.4) is 0 Å². The summed E-state index contributed by atoms with van der Waals surface area (Å²) in [5.41, 5.74) is 3.12. The Morgan fingerprint density at radius 3 is 2.50 bits per heavy atom. The number of para-hydroxylation sites is 1. The fraction of sp³-hybridized carbons (Fsp3) is 0.250. The lowest BCUT2D eigenvalue weighted by atomic mass is 9.83. The zero-order valence-corrected chi connectivity index (χ0v) is 15.1. The quantitative estimate of drug-likeness (QED) is 0.473. The minimum atomic E-state index is -0.534. The molecule has 0 atom stereocenters. The summed E-state index contributed by atoms with van der Waals surface area (Å²) in [6.07, 6.45) is 5.89. The zero-order chi connectivity index (χ0) is 19.1. The molecule has 1 aromatic carbocycles. The molecule has 26 heavy (non-hydrogen) atoms. The molecule has 6 nitrogen and oxygen atoms in total. The second-order valence-electron chi connectivity index (χ2n) is 6.74. The molecule has 0 saturated heterocycles. The van der Waals surface area contributed by atoms with E-state index in [9.17, 15) is 14.9 Å². The summed E-state index contributed by atoms with van der Waals surface area (Å²) in [7, 11) is 3.30. The number of carbonyl (C=O) groups excluding carboxylic acids is 1. The molecule has 6 heteroatoms. The Bertz CT molecular complexity index is 919. The maximum Gasteiger partial charge on any atom is 0.274 e. The Kier molecular flexibility index (Phi) is 4.28. The minimum Gasteiger partial charge on any atom is -0.492 e. The predicted octanol–water partition coefficient (Wildman–Crippen LogP) is 3.50. The van der Waals surface area contributed by atoms with Gasteiger partial charge < -0.3 is 9.64 Å². The standard InChI is InChI=1S/C20H20N2O4/c1-20(2)15-7-5-6-8-16(15)21(3)18(20)10-9-13-11-14(22(24)25)12-17(26-4)19(13)23/h5-12H,1-4H3/b13-9-,18-10-. The second-order valence-corrected chi connectivity index (χ2v) is 6.74. The molecule has 0 spiro atoms. The number of nitrogens with zero attached hydrogens (tertiary/aromatic N) is 2. The molecule has 1 aliphatic carbocycles. The van der Waals surface area contributed by atoms with Crippen molar-refractivity contribution in [1.29, 1.82) is 0 Å². The number of ether oxygens (including phenoxy) is 1. The molecular formula is C20H20N2O4.